The molecule has 2 fully saturated rings. The van der Waals surface area contributed by atoms with E-state index < -0.39 is 5.60 Å². The Labute approximate surface area is 206 Å². The lowest BCUT2D eigenvalue weighted by molar-refractivity contribution is 0.0263. The molecule has 186 valence electrons. The lowest BCUT2D eigenvalue weighted by Gasteiger charge is -2.28. The first kappa shape index (κ1) is 23.4. The van der Waals surface area contributed by atoms with Gasteiger partial charge in [-0.25, -0.2) is 14.8 Å². The van der Waals surface area contributed by atoms with Crippen LogP contribution in [0.15, 0.2) is 24.4 Å². The number of nitrogens with zero attached hydrogens (tertiary/aromatic N) is 6. The van der Waals surface area contributed by atoms with Crippen molar-refractivity contribution in [3.63, 3.8) is 0 Å². The molecule has 2 aliphatic heterocycles. The number of aromatic nitrogens is 4. The summed E-state index contributed by atoms with van der Waals surface area (Å²) in [5.41, 5.74) is 3.36. The SMILES string of the molecule is Cc1[nH]nc2ccc(-c3cnc(N4CCCC4)c(N4CCCN(C(=O)OC(C)(C)C)CC4)n3)cc12. The zero-order valence-electron chi connectivity index (χ0n) is 21.2. The summed E-state index contributed by atoms with van der Waals surface area (Å²) < 4.78 is 5.62. The molecule has 2 aliphatic rings. The minimum Gasteiger partial charge on any atom is -0.444 e. The Balaban J connectivity index is 1.45. The molecule has 0 spiro atoms. The third kappa shape index (κ3) is 5.04. The molecule has 9 heteroatoms. The number of anilines is 2. The molecule has 2 aromatic heterocycles. The van der Waals surface area contributed by atoms with E-state index in [9.17, 15) is 4.79 Å². The highest BCUT2D eigenvalue weighted by atomic mass is 16.6. The van der Waals surface area contributed by atoms with Crippen molar-refractivity contribution in [1.82, 2.24) is 25.1 Å². The third-order valence-corrected chi connectivity index (χ3v) is 6.63. The molecule has 0 bridgehead atoms. The van der Waals surface area contributed by atoms with Crippen molar-refractivity contribution in [2.75, 3.05) is 49.1 Å². The van der Waals surface area contributed by atoms with E-state index in [1.165, 1.54) is 12.8 Å². The van der Waals surface area contributed by atoms with Crippen LogP contribution in [-0.2, 0) is 4.74 Å². The molecule has 9 nitrogen and oxygen atoms in total. The minimum atomic E-state index is -0.500. The number of H-pyrrole nitrogens is 1. The maximum absolute atomic E-state index is 12.7. The second-order valence-corrected chi connectivity index (χ2v) is 10.5. The second kappa shape index (κ2) is 9.36. The topological polar surface area (TPSA) is 90.5 Å². The molecule has 2 saturated heterocycles. The highest BCUT2D eigenvalue weighted by Crippen LogP contribution is 2.32. The molecule has 5 rings (SSSR count). The van der Waals surface area contributed by atoms with Gasteiger partial charge in [-0.15, -0.1) is 0 Å². The number of carbonyl (C=O) groups excluding carboxylic acids is 1. The number of aryl methyl sites for hydroxylation is 1. The van der Waals surface area contributed by atoms with Crippen LogP contribution in [0.25, 0.3) is 22.2 Å². The zero-order chi connectivity index (χ0) is 24.6. The number of carbonyl (C=O) groups is 1. The fourth-order valence-electron chi connectivity index (χ4n) is 4.81. The molecule has 3 aromatic rings. The predicted molar refractivity (Wildman–Crippen MR) is 138 cm³/mol. The Hall–Kier alpha value is -3.36. The lowest BCUT2D eigenvalue weighted by atomic mass is 10.1. The van der Waals surface area contributed by atoms with Crippen molar-refractivity contribution >= 4 is 28.6 Å². The van der Waals surface area contributed by atoms with E-state index in [1.54, 1.807) is 0 Å². The van der Waals surface area contributed by atoms with Gasteiger partial charge in [0, 0.05) is 55.9 Å². The van der Waals surface area contributed by atoms with Gasteiger partial charge in [0.05, 0.1) is 17.4 Å². The standard InChI is InChI=1S/C26H35N7O2/c1-18-20-16-19(8-9-21(20)30-29-18)22-17-27-23(31-10-5-6-11-31)24(28-22)32-12-7-13-33(15-14-32)25(34)35-26(2,3)4/h8-9,16-17H,5-7,10-15H2,1-4H3,(H,29,30). The zero-order valence-corrected chi connectivity index (χ0v) is 21.2. The lowest BCUT2D eigenvalue weighted by Crippen LogP contribution is -2.39. The second-order valence-electron chi connectivity index (χ2n) is 10.5. The number of fused-ring (bicyclic) bond motifs is 1. The Kier molecular flexibility index (Phi) is 6.25. The highest BCUT2D eigenvalue weighted by molar-refractivity contribution is 5.86. The molecule has 0 saturated carbocycles. The first-order valence-corrected chi connectivity index (χ1v) is 12.6. The summed E-state index contributed by atoms with van der Waals surface area (Å²) >= 11 is 0. The van der Waals surface area contributed by atoms with Crippen LogP contribution in [0.1, 0.15) is 45.7 Å². The largest absolute Gasteiger partial charge is 0.444 e. The fourth-order valence-corrected chi connectivity index (χ4v) is 4.81. The van der Waals surface area contributed by atoms with Crippen LogP contribution in [0.5, 0.6) is 0 Å². The van der Waals surface area contributed by atoms with Crippen LogP contribution in [0.2, 0.25) is 0 Å². The van der Waals surface area contributed by atoms with E-state index in [0.29, 0.717) is 19.6 Å². The van der Waals surface area contributed by atoms with E-state index in [-0.39, 0.29) is 6.09 Å². The average molecular weight is 478 g/mol. The number of aromatic amines is 1. The van der Waals surface area contributed by atoms with Crippen LogP contribution >= 0.6 is 0 Å². The van der Waals surface area contributed by atoms with E-state index in [0.717, 1.165) is 65.5 Å². The molecule has 4 heterocycles. The number of rotatable bonds is 3. The van der Waals surface area contributed by atoms with Crippen molar-refractivity contribution < 1.29 is 9.53 Å². The molecule has 0 atom stereocenters. The van der Waals surface area contributed by atoms with Crippen LogP contribution in [0, 0.1) is 6.92 Å². The molecule has 0 aliphatic carbocycles. The Morgan fingerprint density at radius 2 is 1.71 bits per heavy atom. The molecular formula is C26H35N7O2. The summed E-state index contributed by atoms with van der Waals surface area (Å²) in [6, 6.07) is 6.21. The van der Waals surface area contributed by atoms with E-state index in [1.807, 2.05) is 44.9 Å². The highest BCUT2D eigenvalue weighted by Gasteiger charge is 2.28. The van der Waals surface area contributed by atoms with Crippen molar-refractivity contribution in [3.05, 3.63) is 30.1 Å². The fraction of sp³-hybridized carbons (Fsp3) is 0.538. The number of hydrogen-bond acceptors (Lipinski definition) is 7. The molecule has 0 radical (unpaired) electrons. The first-order valence-electron chi connectivity index (χ1n) is 12.6. The van der Waals surface area contributed by atoms with Crippen LogP contribution in [-0.4, -0.2) is 76.0 Å². The summed E-state index contributed by atoms with van der Waals surface area (Å²) in [5, 5.41) is 8.50. The third-order valence-electron chi connectivity index (χ3n) is 6.63. The Morgan fingerprint density at radius 1 is 0.971 bits per heavy atom. The Morgan fingerprint density at radius 3 is 2.49 bits per heavy atom. The number of hydrogen-bond donors (Lipinski definition) is 1. The van der Waals surface area contributed by atoms with Crippen molar-refractivity contribution in [2.45, 2.75) is 52.6 Å². The monoisotopic (exact) mass is 477 g/mol. The molecule has 35 heavy (non-hydrogen) atoms. The van der Waals surface area contributed by atoms with Gasteiger partial charge in [-0.1, -0.05) is 6.07 Å². The maximum atomic E-state index is 12.7. The maximum Gasteiger partial charge on any atom is 0.410 e. The van der Waals surface area contributed by atoms with Gasteiger partial charge in [0.25, 0.3) is 0 Å². The van der Waals surface area contributed by atoms with E-state index in [4.69, 9.17) is 14.7 Å². The first-order chi connectivity index (χ1) is 16.8. The van der Waals surface area contributed by atoms with E-state index >= 15 is 0 Å². The summed E-state index contributed by atoms with van der Waals surface area (Å²) in [5.74, 6) is 1.84. The van der Waals surface area contributed by atoms with Gasteiger partial charge >= 0.3 is 6.09 Å². The van der Waals surface area contributed by atoms with Crippen LogP contribution in [0.3, 0.4) is 0 Å². The van der Waals surface area contributed by atoms with Gasteiger partial charge in [-0.3, -0.25) is 5.10 Å². The van der Waals surface area contributed by atoms with Crippen molar-refractivity contribution in [3.8, 4) is 11.3 Å². The van der Waals surface area contributed by atoms with Crippen molar-refractivity contribution in [2.24, 2.45) is 0 Å². The number of amides is 1. The van der Waals surface area contributed by atoms with Gasteiger partial charge in [0.15, 0.2) is 11.6 Å². The smallest absolute Gasteiger partial charge is 0.410 e. The van der Waals surface area contributed by atoms with Gasteiger partial charge in [0.1, 0.15) is 5.60 Å². The molecule has 0 unspecified atom stereocenters. The van der Waals surface area contributed by atoms with E-state index in [2.05, 4.69) is 32.1 Å². The van der Waals surface area contributed by atoms with Crippen LogP contribution < -0.4 is 9.80 Å². The quantitative estimate of drug-likeness (QED) is 0.599. The number of ether oxygens (including phenoxy) is 1. The van der Waals surface area contributed by atoms with Gasteiger partial charge in [-0.05, 0) is 59.1 Å². The number of nitrogens with one attached hydrogen (secondary N) is 1. The molecule has 1 amide bonds. The van der Waals surface area contributed by atoms with Gasteiger partial charge in [-0.2, -0.15) is 5.10 Å². The average Bonchev–Trinajstić information content (AvgIpc) is 3.41. The Bertz CT molecular complexity index is 1210. The normalized spacial score (nSPS) is 17.2. The van der Waals surface area contributed by atoms with Gasteiger partial charge in [0.2, 0.25) is 0 Å². The minimum absolute atomic E-state index is 0.247. The van der Waals surface area contributed by atoms with Crippen molar-refractivity contribution in [1.29, 1.82) is 0 Å². The molecule has 1 N–H and O–H groups in total. The molecular weight excluding hydrogens is 442 g/mol. The predicted octanol–water partition coefficient (Wildman–Crippen LogP) is 4.38. The summed E-state index contributed by atoms with van der Waals surface area (Å²) in [6.07, 6.45) is 4.84. The summed E-state index contributed by atoms with van der Waals surface area (Å²) in [6.45, 7) is 12.5. The summed E-state index contributed by atoms with van der Waals surface area (Å²) in [4.78, 5) is 29.2. The summed E-state index contributed by atoms with van der Waals surface area (Å²) in [7, 11) is 0. The number of benzene rings is 1. The van der Waals surface area contributed by atoms with Crippen LogP contribution in [0.4, 0.5) is 16.4 Å². The molecule has 1 aromatic carbocycles. The van der Waals surface area contributed by atoms with Gasteiger partial charge < -0.3 is 19.4 Å².